The first-order valence-electron chi connectivity index (χ1n) is 7.65. The number of carbonyl (C=O) groups is 1. The number of benzene rings is 1. The van der Waals surface area contributed by atoms with E-state index in [4.69, 9.17) is 5.11 Å². The molecule has 2 heteroatoms. The number of carboxylic acid groups (broad SMARTS) is 1. The minimum Gasteiger partial charge on any atom is -0.478 e. The van der Waals surface area contributed by atoms with Gasteiger partial charge in [0.15, 0.2) is 0 Å². The Hall–Kier alpha value is -1.57. The van der Waals surface area contributed by atoms with Crippen molar-refractivity contribution in [3.63, 3.8) is 0 Å². The van der Waals surface area contributed by atoms with Gasteiger partial charge in [-0.15, -0.1) is 0 Å². The fraction of sp³-hybridized carbons (Fsp3) is 0.500. The molecule has 1 aliphatic carbocycles. The van der Waals surface area contributed by atoms with Gasteiger partial charge in [0.2, 0.25) is 0 Å². The molecule has 1 aromatic carbocycles. The molecule has 0 heterocycles. The summed E-state index contributed by atoms with van der Waals surface area (Å²) in [6, 6.07) is 8.93. The highest BCUT2D eigenvalue weighted by Gasteiger charge is 2.14. The van der Waals surface area contributed by atoms with E-state index in [1.807, 2.05) is 0 Å². The van der Waals surface area contributed by atoms with Crippen molar-refractivity contribution in [1.29, 1.82) is 0 Å². The first-order valence-corrected chi connectivity index (χ1v) is 7.65. The molecule has 2 nitrogen and oxygen atoms in total. The molecule has 20 heavy (non-hydrogen) atoms. The number of hydrogen-bond donors (Lipinski definition) is 1. The normalized spacial score (nSPS) is 17.1. The maximum atomic E-state index is 10.7. The second-order valence-electron chi connectivity index (χ2n) is 5.81. The lowest BCUT2D eigenvalue weighted by molar-refractivity contribution is -0.132. The van der Waals surface area contributed by atoms with Gasteiger partial charge >= 0.3 is 5.97 Å². The monoisotopic (exact) mass is 272 g/mol. The van der Waals surface area contributed by atoms with E-state index in [1.54, 1.807) is 13.0 Å². The molecule has 1 saturated carbocycles. The summed E-state index contributed by atoms with van der Waals surface area (Å²) in [6.07, 6.45) is 10.3. The van der Waals surface area contributed by atoms with Gasteiger partial charge in [-0.1, -0.05) is 49.6 Å². The smallest absolute Gasteiger partial charge is 0.330 e. The highest BCUT2D eigenvalue weighted by atomic mass is 16.4. The van der Waals surface area contributed by atoms with Crippen LogP contribution >= 0.6 is 0 Å². The van der Waals surface area contributed by atoms with Gasteiger partial charge in [-0.05, 0) is 49.7 Å². The molecule has 0 radical (unpaired) electrons. The van der Waals surface area contributed by atoms with Crippen molar-refractivity contribution in [2.24, 2.45) is 0 Å². The van der Waals surface area contributed by atoms with Crippen molar-refractivity contribution >= 4 is 5.97 Å². The maximum absolute atomic E-state index is 10.7. The van der Waals surface area contributed by atoms with Crippen LogP contribution in [0, 0.1) is 0 Å². The number of aliphatic carboxylic acids is 1. The second-order valence-corrected chi connectivity index (χ2v) is 5.81. The van der Waals surface area contributed by atoms with Crippen LogP contribution in [0.4, 0.5) is 0 Å². The Kier molecular flexibility index (Phi) is 5.40. The Balaban J connectivity index is 1.88. The summed E-state index contributed by atoms with van der Waals surface area (Å²) in [5, 5.41) is 8.79. The third kappa shape index (κ3) is 4.22. The lowest BCUT2D eigenvalue weighted by Crippen LogP contribution is -2.04. The molecule has 0 spiro atoms. The van der Waals surface area contributed by atoms with Crippen LogP contribution in [0.5, 0.6) is 0 Å². The summed E-state index contributed by atoms with van der Waals surface area (Å²) < 4.78 is 0. The Morgan fingerprint density at radius 3 is 2.45 bits per heavy atom. The molecule has 0 unspecified atom stereocenters. The molecule has 0 atom stereocenters. The predicted octanol–water partition coefficient (Wildman–Crippen LogP) is 4.70. The lowest BCUT2D eigenvalue weighted by atomic mass is 9.84. The van der Waals surface area contributed by atoms with Crippen LogP contribution in [0.2, 0.25) is 0 Å². The fourth-order valence-corrected chi connectivity index (χ4v) is 2.94. The van der Waals surface area contributed by atoms with Crippen molar-refractivity contribution in [2.75, 3.05) is 0 Å². The van der Waals surface area contributed by atoms with E-state index in [2.05, 4.69) is 24.3 Å². The van der Waals surface area contributed by atoms with Gasteiger partial charge in [-0.3, -0.25) is 0 Å². The zero-order chi connectivity index (χ0) is 14.4. The van der Waals surface area contributed by atoms with E-state index in [0.717, 1.165) is 18.8 Å². The predicted molar refractivity (Wildman–Crippen MR) is 82.0 cm³/mol. The second kappa shape index (κ2) is 7.28. The minimum absolute atomic E-state index is 0.434. The van der Waals surface area contributed by atoms with E-state index >= 15 is 0 Å². The van der Waals surface area contributed by atoms with Crippen molar-refractivity contribution in [3.05, 3.63) is 47.0 Å². The van der Waals surface area contributed by atoms with Gasteiger partial charge in [0, 0.05) is 5.57 Å². The van der Waals surface area contributed by atoms with Crippen LogP contribution in [0.3, 0.4) is 0 Å². The number of rotatable bonds is 5. The standard InChI is InChI=1S/C18H24O2/c1-14(18(19)20)6-5-7-15-10-12-17(13-11-15)16-8-3-2-4-9-16/h6,10-13,16H,2-5,7-9H2,1H3,(H,19,20)/b14-6+. The molecule has 0 saturated heterocycles. The quantitative estimate of drug-likeness (QED) is 0.789. The molecule has 1 aromatic rings. The van der Waals surface area contributed by atoms with Crippen molar-refractivity contribution in [3.8, 4) is 0 Å². The van der Waals surface area contributed by atoms with Crippen LogP contribution in [0.25, 0.3) is 0 Å². The molecule has 1 N–H and O–H groups in total. The van der Waals surface area contributed by atoms with Crippen LogP contribution in [-0.4, -0.2) is 11.1 Å². The van der Waals surface area contributed by atoms with Gasteiger partial charge in [0.25, 0.3) is 0 Å². The van der Waals surface area contributed by atoms with Gasteiger partial charge in [-0.25, -0.2) is 4.79 Å². The van der Waals surface area contributed by atoms with Crippen molar-refractivity contribution in [1.82, 2.24) is 0 Å². The summed E-state index contributed by atoms with van der Waals surface area (Å²) in [7, 11) is 0. The van der Waals surface area contributed by atoms with Crippen LogP contribution in [-0.2, 0) is 11.2 Å². The number of aryl methyl sites for hydroxylation is 1. The Morgan fingerprint density at radius 2 is 1.85 bits per heavy atom. The largest absolute Gasteiger partial charge is 0.478 e. The van der Waals surface area contributed by atoms with Crippen molar-refractivity contribution in [2.45, 2.75) is 57.8 Å². The van der Waals surface area contributed by atoms with Gasteiger partial charge in [-0.2, -0.15) is 0 Å². The summed E-state index contributed by atoms with van der Waals surface area (Å²) in [6.45, 7) is 1.65. The summed E-state index contributed by atoms with van der Waals surface area (Å²) in [5.74, 6) is -0.0652. The third-order valence-electron chi connectivity index (χ3n) is 4.28. The Bertz CT molecular complexity index is 465. The minimum atomic E-state index is -0.822. The molecule has 0 aromatic heterocycles. The molecule has 0 aliphatic heterocycles. The highest BCUT2D eigenvalue weighted by Crippen LogP contribution is 2.32. The first kappa shape index (κ1) is 14.8. The average Bonchev–Trinajstić information content (AvgIpc) is 2.48. The van der Waals surface area contributed by atoms with E-state index in [-0.39, 0.29) is 0 Å². The van der Waals surface area contributed by atoms with Crippen molar-refractivity contribution < 1.29 is 9.90 Å². The Morgan fingerprint density at radius 1 is 1.20 bits per heavy atom. The SMILES string of the molecule is C/C(=C\CCc1ccc(C2CCCCC2)cc1)C(=O)O. The van der Waals surface area contributed by atoms with E-state index in [0.29, 0.717) is 5.57 Å². The maximum Gasteiger partial charge on any atom is 0.330 e. The molecule has 0 bridgehead atoms. The summed E-state index contributed by atoms with van der Waals surface area (Å²) in [4.78, 5) is 10.7. The zero-order valence-corrected chi connectivity index (χ0v) is 12.3. The molecular formula is C18H24O2. The van der Waals surface area contributed by atoms with Gasteiger partial charge in [0.05, 0.1) is 0 Å². The third-order valence-corrected chi connectivity index (χ3v) is 4.28. The molecular weight excluding hydrogens is 248 g/mol. The van der Waals surface area contributed by atoms with E-state index in [1.165, 1.54) is 43.2 Å². The topological polar surface area (TPSA) is 37.3 Å². The molecule has 1 fully saturated rings. The van der Waals surface area contributed by atoms with Crippen LogP contribution in [0.1, 0.15) is 62.5 Å². The molecule has 2 rings (SSSR count). The number of hydrogen-bond acceptors (Lipinski definition) is 1. The fourth-order valence-electron chi connectivity index (χ4n) is 2.94. The van der Waals surface area contributed by atoms with E-state index in [9.17, 15) is 4.79 Å². The average molecular weight is 272 g/mol. The van der Waals surface area contributed by atoms with Gasteiger partial charge in [0.1, 0.15) is 0 Å². The highest BCUT2D eigenvalue weighted by molar-refractivity contribution is 5.85. The van der Waals surface area contributed by atoms with Gasteiger partial charge < -0.3 is 5.11 Å². The number of allylic oxidation sites excluding steroid dienone is 1. The van der Waals surface area contributed by atoms with E-state index < -0.39 is 5.97 Å². The molecule has 1 aliphatic rings. The van der Waals surface area contributed by atoms with Crippen LogP contribution < -0.4 is 0 Å². The molecule has 108 valence electrons. The zero-order valence-electron chi connectivity index (χ0n) is 12.3. The summed E-state index contributed by atoms with van der Waals surface area (Å²) in [5.41, 5.74) is 3.20. The molecule has 0 amide bonds. The first-order chi connectivity index (χ1) is 9.66. The number of carboxylic acids is 1. The Labute approximate surface area is 121 Å². The summed E-state index contributed by atoms with van der Waals surface area (Å²) >= 11 is 0. The van der Waals surface area contributed by atoms with Crippen LogP contribution in [0.15, 0.2) is 35.9 Å². The lowest BCUT2D eigenvalue weighted by Gasteiger charge is -2.22.